The van der Waals surface area contributed by atoms with Gasteiger partial charge >= 0.3 is 0 Å². The zero-order chi connectivity index (χ0) is 12.0. The van der Waals surface area contributed by atoms with E-state index in [0.29, 0.717) is 18.0 Å². The van der Waals surface area contributed by atoms with Crippen molar-refractivity contribution in [2.45, 2.75) is 52.2 Å². The summed E-state index contributed by atoms with van der Waals surface area (Å²) in [6.07, 6.45) is 4.20. The van der Waals surface area contributed by atoms with E-state index in [1.807, 2.05) is 10.9 Å². The molecule has 2 atom stereocenters. The molecule has 0 bridgehead atoms. The number of nitrogens with one attached hydrogen (secondary N) is 1. The second-order valence-corrected chi connectivity index (χ2v) is 4.49. The van der Waals surface area contributed by atoms with Crippen LogP contribution in [0.4, 0.5) is 0 Å². The number of alkyl halides is 1. The quantitative estimate of drug-likeness (QED) is 0.747. The van der Waals surface area contributed by atoms with E-state index in [4.69, 9.17) is 11.6 Å². The van der Waals surface area contributed by atoms with E-state index in [2.05, 4.69) is 37.3 Å². The van der Waals surface area contributed by atoms with Gasteiger partial charge in [-0.25, -0.2) is 0 Å². The Morgan fingerprint density at radius 2 is 2.19 bits per heavy atom. The van der Waals surface area contributed by atoms with Crippen molar-refractivity contribution < 1.29 is 0 Å². The number of hydrogen-bond acceptors (Lipinski definition) is 2. The fourth-order valence-electron chi connectivity index (χ4n) is 1.46. The molecule has 0 fully saturated rings. The molecule has 92 valence electrons. The zero-order valence-corrected chi connectivity index (χ0v) is 11.2. The van der Waals surface area contributed by atoms with Crippen molar-refractivity contribution in [3.05, 3.63) is 18.0 Å². The Morgan fingerprint density at radius 3 is 2.75 bits per heavy atom. The summed E-state index contributed by atoms with van der Waals surface area (Å²) in [5, 5.41) is 7.93. The number of nitrogens with zero attached hydrogens (tertiary/aromatic N) is 2. The first-order valence-electron chi connectivity index (χ1n) is 6.04. The fourth-order valence-corrected chi connectivity index (χ4v) is 1.79. The van der Waals surface area contributed by atoms with Crippen LogP contribution in [0.5, 0.6) is 0 Å². The summed E-state index contributed by atoms with van der Waals surface area (Å²) in [5.74, 6) is 0.655. The molecule has 2 unspecified atom stereocenters. The van der Waals surface area contributed by atoms with E-state index >= 15 is 0 Å². The van der Waals surface area contributed by atoms with E-state index < -0.39 is 0 Å². The molecule has 0 aliphatic carbocycles. The average molecular weight is 244 g/mol. The van der Waals surface area contributed by atoms with E-state index in [1.165, 1.54) is 0 Å². The first kappa shape index (κ1) is 13.5. The van der Waals surface area contributed by atoms with E-state index in [1.54, 1.807) is 0 Å². The molecule has 0 radical (unpaired) electrons. The van der Waals surface area contributed by atoms with Gasteiger partial charge in [0.05, 0.1) is 5.69 Å². The number of halogens is 1. The van der Waals surface area contributed by atoms with Gasteiger partial charge in [-0.2, -0.15) is 5.10 Å². The Hall–Kier alpha value is -0.540. The highest BCUT2D eigenvalue weighted by atomic mass is 35.5. The van der Waals surface area contributed by atoms with E-state index in [0.717, 1.165) is 25.1 Å². The first-order valence-corrected chi connectivity index (χ1v) is 6.58. The van der Waals surface area contributed by atoms with E-state index in [9.17, 15) is 0 Å². The zero-order valence-electron chi connectivity index (χ0n) is 10.4. The molecule has 0 aliphatic rings. The highest BCUT2D eigenvalue weighted by Crippen LogP contribution is 2.09. The van der Waals surface area contributed by atoms with Crippen LogP contribution < -0.4 is 5.32 Å². The second-order valence-electron chi connectivity index (χ2n) is 4.18. The highest BCUT2D eigenvalue weighted by Gasteiger charge is 2.07. The van der Waals surface area contributed by atoms with Crippen molar-refractivity contribution in [1.29, 1.82) is 0 Å². The molecule has 16 heavy (non-hydrogen) atoms. The van der Waals surface area contributed by atoms with Crippen LogP contribution in [0.3, 0.4) is 0 Å². The third-order valence-electron chi connectivity index (χ3n) is 2.96. The lowest BCUT2D eigenvalue weighted by Gasteiger charge is -2.12. The maximum Gasteiger partial charge on any atom is 0.0762 e. The van der Waals surface area contributed by atoms with Crippen LogP contribution in [0.2, 0.25) is 0 Å². The van der Waals surface area contributed by atoms with Gasteiger partial charge in [0.1, 0.15) is 0 Å². The predicted molar refractivity (Wildman–Crippen MR) is 68.9 cm³/mol. The van der Waals surface area contributed by atoms with Crippen LogP contribution in [0.1, 0.15) is 45.3 Å². The Kier molecular flexibility index (Phi) is 5.85. The first-order chi connectivity index (χ1) is 7.71. The molecule has 1 heterocycles. The average Bonchev–Trinajstić information content (AvgIpc) is 2.78. The Balaban J connectivity index is 2.46. The van der Waals surface area contributed by atoms with Crippen LogP contribution in [-0.2, 0) is 6.54 Å². The molecule has 1 aromatic heterocycles. The van der Waals surface area contributed by atoms with Gasteiger partial charge < -0.3 is 5.32 Å². The Bertz CT molecular complexity index is 294. The molecule has 0 spiro atoms. The molecule has 0 aromatic carbocycles. The highest BCUT2D eigenvalue weighted by molar-refractivity contribution is 6.18. The van der Waals surface area contributed by atoms with Crippen LogP contribution >= 0.6 is 11.6 Å². The van der Waals surface area contributed by atoms with Crippen molar-refractivity contribution >= 4 is 11.6 Å². The minimum atomic E-state index is 0.385. The molecule has 0 amide bonds. The minimum Gasteiger partial charge on any atom is -0.307 e. The molecule has 4 heteroatoms. The third kappa shape index (κ3) is 3.80. The van der Waals surface area contributed by atoms with Crippen molar-refractivity contribution in [2.75, 3.05) is 5.88 Å². The molecule has 1 rings (SSSR count). The summed E-state index contributed by atoms with van der Waals surface area (Å²) in [4.78, 5) is 0. The summed E-state index contributed by atoms with van der Waals surface area (Å²) in [5.41, 5.74) is 1.09. The van der Waals surface area contributed by atoms with Crippen molar-refractivity contribution in [2.24, 2.45) is 0 Å². The largest absolute Gasteiger partial charge is 0.307 e. The van der Waals surface area contributed by atoms with Gasteiger partial charge in [-0.3, -0.25) is 4.68 Å². The summed E-state index contributed by atoms with van der Waals surface area (Å²) in [6.45, 7) is 7.29. The maximum atomic E-state index is 5.82. The van der Waals surface area contributed by atoms with Crippen molar-refractivity contribution in [3.63, 3.8) is 0 Å². The molecule has 0 aliphatic heterocycles. The maximum absolute atomic E-state index is 5.82. The number of hydrogen-bond donors (Lipinski definition) is 1. The van der Waals surface area contributed by atoms with Gasteiger partial charge in [-0.05, 0) is 25.8 Å². The fraction of sp³-hybridized carbons (Fsp3) is 0.750. The van der Waals surface area contributed by atoms with Crippen LogP contribution in [0.25, 0.3) is 0 Å². The monoisotopic (exact) mass is 243 g/mol. The van der Waals surface area contributed by atoms with Crippen molar-refractivity contribution in [1.82, 2.24) is 15.1 Å². The molecule has 0 saturated heterocycles. The lowest BCUT2D eigenvalue weighted by molar-refractivity contribution is 0.466. The molecule has 1 aromatic rings. The molecule has 0 saturated carbocycles. The van der Waals surface area contributed by atoms with E-state index in [-0.39, 0.29) is 0 Å². The lowest BCUT2D eigenvalue weighted by Crippen LogP contribution is -2.29. The number of rotatable bonds is 7. The van der Waals surface area contributed by atoms with Gasteiger partial charge in [0, 0.05) is 30.7 Å². The Labute approximate surface area is 103 Å². The van der Waals surface area contributed by atoms with Gasteiger partial charge in [-0.1, -0.05) is 13.8 Å². The molecular weight excluding hydrogens is 222 g/mol. The lowest BCUT2D eigenvalue weighted by atomic mass is 10.2. The van der Waals surface area contributed by atoms with Gasteiger partial charge in [0.25, 0.3) is 0 Å². The van der Waals surface area contributed by atoms with Crippen LogP contribution in [0, 0.1) is 0 Å². The topological polar surface area (TPSA) is 29.9 Å². The summed E-state index contributed by atoms with van der Waals surface area (Å²) < 4.78 is 2.03. The SMILES string of the molecule is CCC(CCl)NCc1ccn(C(C)CC)n1. The van der Waals surface area contributed by atoms with Gasteiger partial charge in [0.15, 0.2) is 0 Å². The van der Waals surface area contributed by atoms with Gasteiger partial charge in [-0.15, -0.1) is 11.6 Å². The van der Waals surface area contributed by atoms with Crippen LogP contribution in [0.15, 0.2) is 12.3 Å². The molecular formula is C12H22ClN3. The predicted octanol–water partition coefficient (Wildman–Crippen LogP) is 2.96. The molecule has 1 N–H and O–H groups in total. The second kappa shape index (κ2) is 6.92. The minimum absolute atomic E-state index is 0.385. The normalized spacial score (nSPS) is 15.0. The standard InChI is InChI=1S/C12H22ClN3/c1-4-10(3)16-7-6-12(15-16)9-14-11(5-2)8-13/h6-7,10-11,14H,4-5,8-9H2,1-3H3. The summed E-state index contributed by atoms with van der Waals surface area (Å²) in [7, 11) is 0. The van der Waals surface area contributed by atoms with Crippen LogP contribution in [-0.4, -0.2) is 21.7 Å². The summed E-state index contributed by atoms with van der Waals surface area (Å²) in [6, 6.07) is 2.93. The smallest absolute Gasteiger partial charge is 0.0762 e. The molecule has 3 nitrogen and oxygen atoms in total. The Morgan fingerprint density at radius 1 is 1.44 bits per heavy atom. The number of aromatic nitrogens is 2. The van der Waals surface area contributed by atoms with Crippen molar-refractivity contribution in [3.8, 4) is 0 Å². The van der Waals surface area contributed by atoms with Gasteiger partial charge in [0.2, 0.25) is 0 Å². The summed E-state index contributed by atoms with van der Waals surface area (Å²) >= 11 is 5.82. The third-order valence-corrected chi connectivity index (χ3v) is 3.33.